The number of alkyl halides is 1. The molecule has 162 valence electrons. The van der Waals surface area contributed by atoms with Crippen LogP contribution in [0.3, 0.4) is 0 Å². The number of carbonyl (C=O) groups is 1. The van der Waals surface area contributed by atoms with Crippen LogP contribution in [0.15, 0.2) is 54.6 Å². The van der Waals surface area contributed by atoms with Gasteiger partial charge in [0.15, 0.2) is 0 Å². The minimum atomic E-state index is -0.796. The van der Waals surface area contributed by atoms with Crippen LogP contribution in [0.4, 0.5) is 4.39 Å². The van der Waals surface area contributed by atoms with Crippen LogP contribution in [0, 0.1) is 0 Å². The fourth-order valence-corrected chi connectivity index (χ4v) is 4.53. The first-order valence-corrected chi connectivity index (χ1v) is 10.8. The monoisotopic (exact) mass is 421 g/mol. The Morgan fingerprint density at radius 3 is 2.71 bits per heavy atom. The standard InChI is InChI=1S/C26H28FNO3/c1-31-25-12-10-18(16-28-14-4-6-20(27)17-28)15-24(25)23-9-3-7-21-19(11-13-26(29)30)5-2-8-22(21)23/h2-3,5,7-10,12,15,20H,4,6,11,13-14,16-17H2,1H3,(H,29,30). The molecule has 1 fully saturated rings. The SMILES string of the molecule is COc1ccc(CN2CCCC(F)C2)cc1-c1cccc2c(CCC(=O)O)cccc12. The fraction of sp³-hybridized carbons (Fsp3) is 0.346. The van der Waals surface area contributed by atoms with Gasteiger partial charge in [0.05, 0.1) is 7.11 Å². The van der Waals surface area contributed by atoms with Crippen molar-refractivity contribution in [3.05, 3.63) is 65.7 Å². The maximum Gasteiger partial charge on any atom is 0.303 e. The lowest BCUT2D eigenvalue weighted by molar-refractivity contribution is -0.136. The van der Waals surface area contributed by atoms with Crippen molar-refractivity contribution < 1.29 is 19.0 Å². The van der Waals surface area contributed by atoms with Gasteiger partial charge >= 0.3 is 5.97 Å². The maximum absolute atomic E-state index is 13.8. The molecule has 1 aliphatic rings. The highest BCUT2D eigenvalue weighted by molar-refractivity contribution is 5.99. The summed E-state index contributed by atoms with van der Waals surface area (Å²) in [6, 6.07) is 18.3. The van der Waals surface area contributed by atoms with Crippen LogP contribution in [0.25, 0.3) is 21.9 Å². The van der Waals surface area contributed by atoms with Crippen molar-refractivity contribution in [2.75, 3.05) is 20.2 Å². The molecule has 5 heteroatoms. The Labute approximate surface area is 182 Å². The molecule has 3 aromatic rings. The quantitative estimate of drug-likeness (QED) is 0.550. The van der Waals surface area contributed by atoms with Gasteiger partial charge < -0.3 is 9.84 Å². The third-order valence-corrected chi connectivity index (χ3v) is 6.03. The maximum atomic E-state index is 13.8. The van der Waals surface area contributed by atoms with Crippen LogP contribution < -0.4 is 4.74 Å². The van der Waals surface area contributed by atoms with Crippen LogP contribution in [0.5, 0.6) is 5.75 Å². The first-order chi connectivity index (χ1) is 15.0. The zero-order chi connectivity index (χ0) is 21.8. The Morgan fingerprint density at radius 2 is 1.94 bits per heavy atom. The molecule has 3 aromatic carbocycles. The van der Waals surface area contributed by atoms with Gasteiger partial charge in [-0.1, -0.05) is 42.5 Å². The average Bonchev–Trinajstić information content (AvgIpc) is 2.77. The number of hydrogen-bond donors (Lipinski definition) is 1. The number of piperidine rings is 1. The van der Waals surface area contributed by atoms with Gasteiger partial charge in [-0.25, -0.2) is 4.39 Å². The number of carboxylic acids is 1. The van der Waals surface area contributed by atoms with Crippen molar-refractivity contribution in [1.82, 2.24) is 4.90 Å². The minimum Gasteiger partial charge on any atom is -0.496 e. The van der Waals surface area contributed by atoms with Gasteiger partial charge in [0.1, 0.15) is 11.9 Å². The van der Waals surface area contributed by atoms with Gasteiger partial charge in [0.25, 0.3) is 0 Å². The van der Waals surface area contributed by atoms with E-state index < -0.39 is 12.1 Å². The number of ether oxygens (including phenoxy) is 1. The molecule has 0 bridgehead atoms. The molecule has 4 nitrogen and oxygen atoms in total. The third kappa shape index (κ3) is 4.88. The molecule has 1 aliphatic heterocycles. The van der Waals surface area contributed by atoms with Crippen LogP contribution in [0.2, 0.25) is 0 Å². The summed E-state index contributed by atoms with van der Waals surface area (Å²) in [7, 11) is 1.67. The van der Waals surface area contributed by atoms with Gasteiger partial charge in [-0.15, -0.1) is 0 Å². The van der Waals surface area contributed by atoms with E-state index in [0.29, 0.717) is 25.9 Å². The third-order valence-electron chi connectivity index (χ3n) is 6.03. The summed E-state index contributed by atoms with van der Waals surface area (Å²) in [6.07, 6.45) is 1.41. The number of carboxylic acid groups (broad SMARTS) is 1. The molecule has 0 aromatic heterocycles. The fourth-order valence-electron chi connectivity index (χ4n) is 4.53. The smallest absolute Gasteiger partial charge is 0.303 e. The molecular formula is C26H28FNO3. The van der Waals surface area contributed by atoms with E-state index in [1.807, 2.05) is 36.4 Å². The molecule has 1 atom stereocenters. The number of methoxy groups -OCH3 is 1. The van der Waals surface area contributed by atoms with E-state index in [0.717, 1.165) is 51.7 Å². The number of benzene rings is 3. The largest absolute Gasteiger partial charge is 0.496 e. The average molecular weight is 422 g/mol. The second-order valence-electron chi connectivity index (χ2n) is 8.22. The van der Waals surface area contributed by atoms with Crippen LogP contribution in [-0.2, 0) is 17.8 Å². The number of nitrogens with zero attached hydrogens (tertiary/aromatic N) is 1. The lowest BCUT2D eigenvalue weighted by Crippen LogP contribution is -2.35. The van der Waals surface area contributed by atoms with Crippen molar-refractivity contribution in [3.63, 3.8) is 0 Å². The molecule has 31 heavy (non-hydrogen) atoms. The van der Waals surface area contributed by atoms with Gasteiger partial charge in [0, 0.05) is 25.1 Å². The summed E-state index contributed by atoms with van der Waals surface area (Å²) in [5, 5.41) is 11.2. The summed E-state index contributed by atoms with van der Waals surface area (Å²) in [6.45, 7) is 2.12. The topological polar surface area (TPSA) is 49.8 Å². The number of rotatable bonds is 7. The highest BCUT2D eigenvalue weighted by Gasteiger charge is 2.20. The Kier molecular flexibility index (Phi) is 6.52. The second kappa shape index (κ2) is 9.48. The summed E-state index contributed by atoms with van der Waals surface area (Å²) in [5.74, 6) is -0.00930. The lowest BCUT2D eigenvalue weighted by Gasteiger charge is -2.29. The predicted octanol–water partition coefficient (Wildman–Crippen LogP) is 5.47. The molecule has 0 radical (unpaired) electrons. The van der Waals surface area contributed by atoms with E-state index in [2.05, 4.69) is 23.1 Å². The predicted molar refractivity (Wildman–Crippen MR) is 121 cm³/mol. The molecule has 1 N–H and O–H groups in total. The number of halogens is 1. The Bertz CT molecular complexity index is 1080. The number of aliphatic carboxylic acids is 1. The van der Waals surface area contributed by atoms with Gasteiger partial charge in [0.2, 0.25) is 0 Å². The normalized spacial score (nSPS) is 17.0. The first kappa shape index (κ1) is 21.3. The second-order valence-corrected chi connectivity index (χ2v) is 8.22. The van der Waals surface area contributed by atoms with Crippen LogP contribution in [0.1, 0.15) is 30.4 Å². The molecule has 4 rings (SSSR count). The molecule has 0 spiro atoms. The van der Waals surface area contributed by atoms with Crippen molar-refractivity contribution in [2.24, 2.45) is 0 Å². The summed E-state index contributed by atoms with van der Waals surface area (Å²) in [5.41, 5.74) is 4.20. The molecule has 0 saturated carbocycles. The zero-order valence-electron chi connectivity index (χ0n) is 17.8. The molecule has 0 amide bonds. The van der Waals surface area contributed by atoms with E-state index in [1.165, 1.54) is 0 Å². The first-order valence-electron chi connectivity index (χ1n) is 10.8. The zero-order valence-corrected chi connectivity index (χ0v) is 17.8. The molecule has 1 unspecified atom stereocenters. The van der Waals surface area contributed by atoms with Crippen molar-refractivity contribution in [2.45, 2.75) is 38.4 Å². The molecule has 0 aliphatic carbocycles. The lowest BCUT2D eigenvalue weighted by atomic mass is 9.93. The number of fused-ring (bicyclic) bond motifs is 1. The molecule has 1 heterocycles. The van der Waals surface area contributed by atoms with E-state index in [1.54, 1.807) is 7.11 Å². The molecule has 1 saturated heterocycles. The van der Waals surface area contributed by atoms with E-state index in [-0.39, 0.29) is 6.42 Å². The highest BCUT2D eigenvalue weighted by atomic mass is 19.1. The number of likely N-dealkylation sites (tertiary alicyclic amines) is 1. The van der Waals surface area contributed by atoms with Crippen LogP contribution >= 0.6 is 0 Å². The Balaban J connectivity index is 1.72. The minimum absolute atomic E-state index is 0.105. The van der Waals surface area contributed by atoms with Gasteiger partial charge in [-0.3, -0.25) is 9.69 Å². The Morgan fingerprint density at radius 1 is 1.13 bits per heavy atom. The van der Waals surface area contributed by atoms with Crippen LogP contribution in [-0.4, -0.2) is 42.3 Å². The summed E-state index contributed by atoms with van der Waals surface area (Å²) < 4.78 is 19.5. The Hall–Kier alpha value is -2.92. The van der Waals surface area contributed by atoms with Crippen molar-refractivity contribution in [3.8, 4) is 16.9 Å². The van der Waals surface area contributed by atoms with E-state index >= 15 is 0 Å². The number of hydrogen-bond acceptors (Lipinski definition) is 3. The van der Waals surface area contributed by atoms with Crippen molar-refractivity contribution in [1.29, 1.82) is 0 Å². The van der Waals surface area contributed by atoms with Crippen molar-refractivity contribution >= 4 is 16.7 Å². The molecular weight excluding hydrogens is 393 g/mol. The van der Waals surface area contributed by atoms with Gasteiger partial charge in [-0.2, -0.15) is 0 Å². The summed E-state index contributed by atoms with van der Waals surface area (Å²) >= 11 is 0. The van der Waals surface area contributed by atoms with E-state index in [9.17, 15) is 9.18 Å². The van der Waals surface area contributed by atoms with Gasteiger partial charge in [-0.05, 0) is 65.4 Å². The highest BCUT2D eigenvalue weighted by Crippen LogP contribution is 2.37. The summed E-state index contributed by atoms with van der Waals surface area (Å²) in [4.78, 5) is 13.2. The van der Waals surface area contributed by atoms with E-state index in [4.69, 9.17) is 9.84 Å². The number of aryl methyl sites for hydroxylation is 1.